The summed E-state index contributed by atoms with van der Waals surface area (Å²) >= 11 is 0. The summed E-state index contributed by atoms with van der Waals surface area (Å²) < 4.78 is 5.78. The molecule has 0 amide bonds. The second-order valence-electron chi connectivity index (χ2n) is 5.71. The van der Waals surface area contributed by atoms with Gasteiger partial charge in [0.2, 0.25) is 11.8 Å². The average molecular weight is 286 g/mol. The Morgan fingerprint density at radius 3 is 3.00 bits per heavy atom. The molecule has 3 rings (SSSR count). The van der Waals surface area contributed by atoms with E-state index in [1.54, 1.807) is 0 Å². The number of pyridine rings is 1. The van der Waals surface area contributed by atoms with Crippen molar-refractivity contribution in [1.29, 1.82) is 0 Å². The topological polar surface area (TPSA) is 55.1 Å². The normalized spacial score (nSPS) is 23.3. The minimum absolute atomic E-state index is 0.336. The van der Waals surface area contributed by atoms with Crippen molar-refractivity contribution in [2.24, 2.45) is 0 Å². The fraction of sp³-hybridized carbons (Fsp3) is 0.562. The Hall–Kier alpha value is -1.75. The van der Waals surface area contributed by atoms with E-state index in [9.17, 15) is 0 Å². The lowest BCUT2D eigenvalue weighted by Crippen LogP contribution is -2.41. The number of likely N-dealkylation sites (tertiary alicyclic amines) is 1. The molecule has 1 saturated heterocycles. The quantitative estimate of drug-likeness (QED) is 0.865. The van der Waals surface area contributed by atoms with E-state index in [4.69, 9.17) is 4.42 Å². The number of piperidine rings is 1. The van der Waals surface area contributed by atoms with Gasteiger partial charge >= 0.3 is 0 Å². The molecule has 3 heterocycles. The zero-order valence-electron chi connectivity index (χ0n) is 12.7. The van der Waals surface area contributed by atoms with Crippen molar-refractivity contribution in [3.63, 3.8) is 0 Å². The average Bonchev–Trinajstić information content (AvgIpc) is 2.99. The van der Waals surface area contributed by atoms with Crippen LogP contribution in [0.25, 0.3) is 0 Å². The van der Waals surface area contributed by atoms with Crippen molar-refractivity contribution in [2.45, 2.75) is 51.6 Å². The Labute approximate surface area is 125 Å². The highest BCUT2D eigenvalue weighted by molar-refractivity contribution is 5.09. The summed E-state index contributed by atoms with van der Waals surface area (Å²) in [6.07, 6.45) is 6.84. The molecule has 1 aliphatic heterocycles. The molecule has 112 valence electrons. The Morgan fingerprint density at radius 2 is 2.29 bits per heavy atom. The number of hydrogen-bond acceptors (Lipinski definition) is 5. The maximum absolute atomic E-state index is 5.78. The molecule has 0 spiro atoms. The van der Waals surface area contributed by atoms with E-state index in [2.05, 4.69) is 33.1 Å². The van der Waals surface area contributed by atoms with E-state index in [0.29, 0.717) is 12.0 Å². The van der Waals surface area contributed by atoms with Crippen LogP contribution in [0.1, 0.15) is 50.0 Å². The van der Waals surface area contributed by atoms with E-state index in [1.165, 1.54) is 12.0 Å². The van der Waals surface area contributed by atoms with Gasteiger partial charge in [-0.1, -0.05) is 13.0 Å². The van der Waals surface area contributed by atoms with Gasteiger partial charge < -0.3 is 4.42 Å². The number of aryl methyl sites for hydroxylation is 1. The SMILES string of the molecule is CCc1nnc([C@H]2CCCN(Cc3cccnc3)[C@H]2C)o1. The predicted molar refractivity (Wildman–Crippen MR) is 79.8 cm³/mol. The van der Waals surface area contributed by atoms with Crippen LogP contribution < -0.4 is 0 Å². The Balaban J connectivity index is 1.72. The molecule has 0 bridgehead atoms. The lowest BCUT2D eigenvalue weighted by Gasteiger charge is -2.37. The van der Waals surface area contributed by atoms with Gasteiger partial charge in [-0.05, 0) is 37.9 Å². The molecule has 5 heteroatoms. The van der Waals surface area contributed by atoms with Gasteiger partial charge in [-0.3, -0.25) is 9.88 Å². The van der Waals surface area contributed by atoms with E-state index >= 15 is 0 Å². The first-order valence-electron chi connectivity index (χ1n) is 7.73. The van der Waals surface area contributed by atoms with Gasteiger partial charge in [0.1, 0.15) is 0 Å². The number of rotatable bonds is 4. The third kappa shape index (κ3) is 3.13. The van der Waals surface area contributed by atoms with Crippen molar-refractivity contribution in [3.05, 3.63) is 41.9 Å². The summed E-state index contributed by atoms with van der Waals surface area (Å²) in [5.41, 5.74) is 1.25. The highest BCUT2D eigenvalue weighted by atomic mass is 16.4. The molecule has 2 aromatic rings. The zero-order chi connectivity index (χ0) is 14.7. The van der Waals surface area contributed by atoms with Crippen LogP contribution in [-0.2, 0) is 13.0 Å². The molecule has 0 saturated carbocycles. The van der Waals surface area contributed by atoms with Crippen LogP contribution in [0, 0.1) is 0 Å². The zero-order valence-corrected chi connectivity index (χ0v) is 12.7. The monoisotopic (exact) mass is 286 g/mol. The minimum Gasteiger partial charge on any atom is -0.425 e. The molecule has 0 unspecified atom stereocenters. The van der Waals surface area contributed by atoms with Gasteiger partial charge in [-0.15, -0.1) is 10.2 Å². The molecular weight excluding hydrogens is 264 g/mol. The molecule has 2 aromatic heterocycles. The maximum atomic E-state index is 5.78. The first-order valence-corrected chi connectivity index (χ1v) is 7.73. The van der Waals surface area contributed by atoms with E-state index < -0.39 is 0 Å². The highest BCUT2D eigenvalue weighted by Crippen LogP contribution is 2.32. The van der Waals surface area contributed by atoms with Crippen LogP contribution in [-0.4, -0.2) is 32.7 Å². The highest BCUT2D eigenvalue weighted by Gasteiger charge is 2.32. The first kappa shape index (κ1) is 14.2. The van der Waals surface area contributed by atoms with E-state index in [1.807, 2.05) is 25.4 Å². The summed E-state index contributed by atoms with van der Waals surface area (Å²) in [7, 11) is 0. The van der Waals surface area contributed by atoms with Gasteiger partial charge in [-0.2, -0.15) is 0 Å². The van der Waals surface area contributed by atoms with Crippen LogP contribution in [0.2, 0.25) is 0 Å². The molecule has 2 atom stereocenters. The van der Waals surface area contributed by atoms with Crippen molar-refractivity contribution in [3.8, 4) is 0 Å². The molecule has 21 heavy (non-hydrogen) atoms. The van der Waals surface area contributed by atoms with Crippen molar-refractivity contribution >= 4 is 0 Å². The van der Waals surface area contributed by atoms with Gasteiger partial charge in [0, 0.05) is 31.4 Å². The minimum atomic E-state index is 0.336. The lowest BCUT2D eigenvalue weighted by atomic mass is 9.90. The molecule has 0 radical (unpaired) electrons. The largest absolute Gasteiger partial charge is 0.425 e. The summed E-state index contributed by atoms with van der Waals surface area (Å²) in [6.45, 7) is 6.34. The molecule has 1 aliphatic rings. The van der Waals surface area contributed by atoms with E-state index in [0.717, 1.165) is 37.7 Å². The Kier molecular flexibility index (Phi) is 4.29. The number of hydrogen-bond donors (Lipinski definition) is 0. The summed E-state index contributed by atoms with van der Waals surface area (Å²) in [4.78, 5) is 6.69. The fourth-order valence-corrected chi connectivity index (χ4v) is 3.05. The van der Waals surface area contributed by atoms with Crippen LogP contribution in [0.4, 0.5) is 0 Å². The Morgan fingerprint density at radius 1 is 1.38 bits per heavy atom. The predicted octanol–water partition coefficient (Wildman–Crippen LogP) is 2.80. The third-order valence-corrected chi connectivity index (χ3v) is 4.33. The maximum Gasteiger partial charge on any atom is 0.221 e. The first-order chi connectivity index (χ1) is 10.3. The molecule has 1 fully saturated rings. The fourth-order valence-electron chi connectivity index (χ4n) is 3.05. The summed E-state index contributed by atoms with van der Waals surface area (Å²) in [5, 5.41) is 8.36. The standard InChI is InChI=1S/C16H22N4O/c1-3-15-18-19-16(21-15)14-7-5-9-20(12(14)2)11-13-6-4-8-17-10-13/h4,6,8,10,12,14H,3,5,7,9,11H2,1-2H3/t12-,14-/m0/s1. The van der Waals surface area contributed by atoms with Gasteiger partial charge in [0.05, 0.1) is 5.92 Å². The lowest BCUT2D eigenvalue weighted by molar-refractivity contribution is 0.118. The molecule has 5 nitrogen and oxygen atoms in total. The second kappa shape index (κ2) is 6.35. The third-order valence-electron chi connectivity index (χ3n) is 4.33. The molecule has 0 N–H and O–H groups in total. The Bertz CT molecular complexity index is 569. The van der Waals surface area contributed by atoms with Crippen LogP contribution in [0.3, 0.4) is 0 Å². The van der Waals surface area contributed by atoms with Gasteiger partial charge in [0.25, 0.3) is 0 Å². The van der Waals surface area contributed by atoms with Gasteiger partial charge in [0.15, 0.2) is 0 Å². The smallest absolute Gasteiger partial charge is 0.221 e. The van der Waals surface area contributed by atoms with E-state index in [-0.39, 0.29) is 0 Å². The molecule has 0 aromatic carbocycles. The van der Waals surface area contributed by atoms with Crippen LogP contribution in [0.15, 0.2) is 28.9 Å². The summed E-state index contributed by atoms with van der Waals surface area (Å²) in [5.74, 6) is 1.88. The van der Waals surface area contributed by atoms with Gasteiger partial charge in [-0.25, -0.2) is 0 Å². The van der Waals surface area contributed by atoms with Crippen molar-refractivity contribution < 1.29 is 4.42 Å². The number of nitrogens with zero attached hydrogens (tertiary/aromatic N) is 4. The van der Waals surface area contributed by atoms with Crippen LogP contribution in [0.5, 0.6) is 0 Å². The summed E-state index contributed by atoms with van der Waals surface area (Å²) in [6, 6.07) is 4.53. The molecule has 0 aliphatic carbocycles. The van der Waals surface area contributed by atoms with Crippen LogP contribution >= 0.6 is 0 Å². The van der Waals surface area contributed by atoms with Crippen molar-refractivity contribution in [1.82, 2.24) is 20.1 Å². The van der Waals surface area contributed by atoms with Crippen molar-refractivity contribution in [2.75, 3.05) is 6.54 Å². The number of aromatic nitrogens is 3. The second-order valence-corrected chi connectivity index (χ2v) is 5.71. The molecular formula is C16H22N4O.